The first-order valence-corrected chi connectivity index (χ1v) is 8.91. The molecule has 0 aliphatic carbocycles. The minimum Gasteiger partial charge on any atom is -0.497 e. The Morgan fingerprint density at radius 1 is 0.857 bits per heavy atom. The van der Waals surface area contributed by atoms with Crippen molar-refractivity contribution < 1.29 is 9.13 Å². The van der Waals surface area contributed by atoms with Crippen LogP contribution >= 0.6 is 0 Å². The van der Waals surface area contributed by atoms with Crippen LogP contribution in [0.3, 0.4) is 0 Å². The molecule has 5 heteroatoms. The molecule has 0 spiro atoms. The van der Waals surface area contributed by atoms with E-state index in [1.165, 1.54) is 12.1 Å². The van der Waals surface area contributed by atoms with E-state index < -0.39 is 0 Å². The highest BCUT2D eigenvalue weighted by molar-refractivity contribution is 6.08. The Balaban J connectivity index is 1.84. The van der Waals surface area contributed by atoms with Crippen molar-refractivity contribution in [2.75, 3.05) is 7.11 Å². The van der Waals surface area contributed by atoms with Gasteiger partial charge in [0.15, 0.2) is 0 Å². The van der Waals surface area contributed by atoms with Gasteiger partial charge >= 0.3 is 0 Å². The van der Waals surface area contributed by atoms with Crippen molar-refractivity contribution in [2.45, 2.75) is 0 Å². The molecular weight excluding hydrogens is 353 g/mol. The van der Waals surface area contributed by atoms with Crippen LogP contribution in [0, 0.1) is 5.82 Å². The van der Waals surface area contributed by atoms with Crippen molar-refractivity contribution in [3.8, 4) is 22.7 Å². The van der Waals surface area contributed by atoms with Crippen LogP contribution in [0.1, 0.15) is 0 Å². The number of hydrogen-bond acceptors (Lipinski definition) is 3. The van der Waals surface area contributed by atoms with Crippen molar-refractivity contribution in [3.63, 3.8) is 0 Å². The fraction of sp³-hybridized carbons (Fsp3) is 0.0435. The second kappa shape index (κ2) is 6.46. The van der Waals surface area contributed by atoms with Crippen molar-refractivity contribution >= 4 is 21.8 Å². The zero-order chi connectivity index (χ0) is 19.1. The molecule has 0 saturated heterocycles. The number of para-hydroxylation sites is 1. The first kappa shape index (κ1) is 16.4. The number of aromatic nitrogens is 3. The predicted molar refractivity (Wildman–Crippen MR) is 108 cm³/mol. The van der Waals surface area contributed by atoms with Gasteiger partial charge < -0.3 is 4.74 Å². The Morgan fingerprint density at radius 3 is 2.36 bits per heavy atom. The van der Waals surface area contributed by atoms with Crippen LogP contribution in [0.4, 0.5) is 4.39 Å². The Kier molecular flexibility index (Phi) is 3.79. The second-order valence-corrected chi connectivity index (χ2v) is 6.50. The quantitative estimate of drug-likeness (QED) is 0.428. The topological polar surface area (TPSA) is 39.9 Å². The van der Waals surface area contributed by atoms with Gasteiger partial charge in [-0.15, -0.1) is 0 Å². The summed E-state index contributed by atoms with van der Waals surface area (Å²) in [5, 5.41) is 6.81. The molecule has 5 aromatic rings. The summed E-state index contributed by atoms with van der Waals surface area (Å²) in [4.78, 5) is 4.60. The molecule has 0 radical (unpaired) electrons. The average Bonchev–Trinajstić information content (AvgIpc) is 3.14. The van der Waals surface area contributed by atoms with Crippen molar-refractivity contribution in [2.24, 2.45) is 0 Å². The van der Waals surface area contributed by atoms with E-state index in [1.807, 2.05) is 59.4 Å². The molecule has 0 atom stereocenters. The average molecular weight is 369 g/mol. The summed E-state index contributed by atoms with van der Waals surface area (Å²) in [5.41, 5.74) is 4.39. The monoisotopic (exact) mass is 369 g/mol. The Hall–Kier alpha value is -3.73. The van der Waals surface area contributed by atoms with Gasteiger partial charge in [-0.05, 0) is 54.6 Å². The van der Waals surface area contributed by atoms with Crippen LogP contribution in [0.25, 0.3) is 38.8 Å². The molecule has 0 saturated carbocycles. The van der Waals surface area contributed by atoms with Crippen molar-refractivity contribution in [1.82, 2.24) is 14.8 Å². The zero-order valence-corrected chi connectivity index (χ0v) is 15.1. The third kappa shape index (κ3) is 2.60. The number of rotatable bonds is 3. The summed E-state index contributed by atoms with van der Waals surface area (Å²) in [5.74, 6) is 0.511. The van der Waals surface area contributed by atoms with Gasteiger partial charge in [0.2, 0.25) is 0 Å². The number of pyridine rings is 1. The zero-order valence-electron chi connectivity index (χ0n) is 15.1. The normalized spacial score (nSPS) is 11.2. The highest BCUT2D eigenvalue weighted by Crippen LogP contribution is 2.33. The second-order valence-electron chi connectivity index (χ2n) is 6.50. The largest absolute Gasteiger partial charge is 0.497 e. The number of benzene rings is 3. The number of halogens is 1. The van der Waals surface area contributed by atoms with E-state index in [0.717, 1.165) is 44.5 Å². The minimum absolute atomic E-state index is 0.272. The smallest absolute Gasteiger partial charge is 0.123 e. The molecule has 0 unspecified atom stereocenters. The van der Waals surface area contributed by atoms with Crippen molar-refractivity contribution in [1.29, 1.82) is 0 Å². The molecule has 2 aromatic heterocycles. The maximum Gasteiger partial charge on any atom is 0.123 e. The van der Waals surface area contributed by atoms with Crippen LogP contribution < -0.4 is 4.74 Å². The van der Waals surface area contributed by atoms with Gasteiger partial charge in [-0.2, -0.15) is 5.10 Å². The van der Waals surface area contributed by atoms with E-state index >= 15 is 0 Å². The third-order valence-electron chi connectivity index (χ3n) is 4.85. The number of hydrogen-bond donors (Lipinski definition) is 0. The SMILES string of the molecule is COc1ccc(-n2nc(-c3ccc(F)cc3)c3cnc4ccccc4c32)cc1. The van der Waals surface area contributed by atoms with E-state index in [0.29, 0.717) is 0 Å². The summed E-state index contributed by atoms with van der Waals surface area (Å²) in [6, 6.07) is 22.1. The highest BCUT2D eigenvalue weighted by atomic mass is 19.1. The molecule has 136 valence electrons. The molecule has 0 bridgehead atoms. The Bertz CT molecular complexity index is 1290. The van der Waals surface area contributed by atoms with E-state index in [4.69, 9.17) is 9.84 Å². The van der Waals surface area contributed by atoms with Crippen LogP contribution in [0.5, 0.6) is 5.75 Å². The molecule has 2 heterocycles. The third-order valence-corrected chi connectivity index (χ3v) is 4.85. The van der Waals surface area contributed by atoms with Gasteiger partial charge in [0.05, 0.1) is 23.8 Å². The van der Waals surface area contributed by atoms with Gasteiger partial charge in [-0.1, -0.05) is 18.2 Å². The van der Waals surface area contributed by atoms with Crippen LogP contribution in [0.2, 0.25) is 0 Å². The van der Waals surface area contributed by atoms with E-state index in [-0.39, 0.29) is 5.82 Å². The maximum absolute atomic E-state index is 13.4. The van der Waals surface area contributed by atoms with E-state index in [2.05, 4.69) is 4.98 Å². The lowest BCUT2D eigenvalue weighted by molar-refractivity contribution is 0.414. The molecule has 4 nitrogen and oxygen atoms in total. The Morgan fingerprint density at radius 2 is 1.61 bits per heavy atom. The summed E-state index contributed by atoms with van der Waals surface area (Å²) in [6.45, 7) is 0. The summed E-state index contributed by atoms with van der Waals surface area (Å²) in [7, 11) is 1.64. The minimum atomic E-state index is -0.272. The van der Waals surface area contributed by atoms with Crippen LogP contribution in [-0.4, -0.2) is 21.9 Å². The van der Waals surface area contributed by atoms with Gasteiger partial charge in [0, 0.05) is 22.5 Å². The van der Waals surface area contributed by atoms with Crippen LogP contribution in [0.15, 0.2) is 79.0 Å². The van der Waals surface area contributed by atoms with E-state index in [1.54, 1.807) is 19.2 Å². The molecule has 0 amide bonds. The number of ether oxygens (including phenoxy) is 1. The molecule has 28 heavy (non-hydrogen) atoms. The summed E-state index contributed by atoms with van der Waals surface area (Å²) >= 11 is 0. The Labute approximate surface area is 160 Å². The summed E-state index contributed by atoms with van der Waals surface area (Å²) < 4.78 is 20.6. The van der Waals surface area contributed by atoms with Gasteiger partial charge in [-0.25, -0.2) is 9.07 Å². The predicted octanol–water partition coefficient (Wildman–Crippen LogP) is 5.39. The molecule has 0 N–H and O–H groups in total. The lowest BCUT2D eigenvalue weighted by atomic mass is 10.1. The lowest BCUT2D eigenvalue weighted by Crippen LogP contribution is -1.97. The highest BCUT2D eigenvalue weighted by Gasteiger charge is 2.17. The van der Waals surface area contributed by atoms with Crippen LogP contribution in [-0.2, 0) is 0 Å². The first-order valence-electron chi connectivity index (χ1n) is 8.91. The van der Waals surface area contributed by atoms with Gasteiger partial charge in [0.25, 0.3) is 0 Å². The standard InChI is InChI=1S/C23H16FN3O/c1-28-18-12-10-17(11-13-18)27-23-19-4-2-3-5-21(19)25-14-20(23)22(26-27)15-6-8-16(24)9-7-15/h2-14H,1H3. The number of nitrogens with zero attached hydrogens (tertiary/aromatic N) is 3. The van der Waals surface area contributed by atoms with Gasteiger partial charge in [-0.3, -0.25) is 4.98 Å². The lowest BCUT2D eigenvalue weighted by Gasteiger charge is -2.07. The fourth-order valence-corrected chi connectivity index (χ4v) is 3.46. The molecule has 3 aromatic carbocycles. The summed E-state index contributed by atoms with van der Waals surface area (Å²) in [6.07, 6.45) is 1.84. The molecular formula is C23H16FN3O. The number of fused-ring (bicyclic) bond motifs is 3. The molecule has 0 aliphatic heterocycles. The molecule has 5 rings (SSSR count). The molecule has 0 aliphatic rings. The number of methoxy groups -OCH3 is 1. The molecule has 0 fully saturated rings. The first-order chi connectivity index (χ1) is 13.7. The van der Waals surface area contributed by atoms with Crippen molar-refractivity contribution in [3.05, 3.63) is 84.8 Å². The maximum atomic E-state index is 13.4. The van der Waals surface area contributed by atoms with Gasteiger partial charge in [0.1, 0.15) is 17.3 Å². The fourth-order valence-electron chi connectivity index (χ4n) is 3.46. The van der Waals surface area contributed by atoms with E-state index in [9.17, 15) is 4.39 Å².